The number of hydrogen-bond acceptors (Lipinski definition) is 8. The Morgan fingerprint density at radius 1 is 0.929 bits per heavy atom. The normalized spacial score (nSPS) is 14.3. The second-order valence-electron chi connectivity index (χ2n) is 6.88. The van der Waals surface area contributed by atoms with Crippen LogP contribution in [0.5, 0.6) is 11.5 Å². The Kier molecular flexibility index (Phi) is 11.9. The van der Waals surface area contributed by atoms with Gasteiger partial charge in [-0.15, -0.1) is 15.6 Å². The predicted molar refractivity (Wildman–Crippen MR) is 128 cm³/mol. The van der Waals surface area contributed by atoms with Crippen molar-refractivity contribution in [3.05, 3.63) is 22.6 Å². The summed E-state index contributed by atoms with van der Waals surface area (Å²) in [5, 5.41) is 20.6. The molecule has 0 radical (unpaired) electrons. The summed E-state index contributed by atoms with van der Waals surface area (Å²) in [6, 6.07) is 3.31. The van der Waals surface area contributed by atoms with Crippen molar-refractivity contribution in [1.82, 2.24) is 9.25 Å². The number of thioether (sulfide) groups is 2. The lowest BCUT2D eigenvalue weighted by molar-refractivity contribution is 0.439. The van der Waals surface area contributed by atoms with E-state index in [4.69, 9.17) is 0 Å². The van der Waals surface area contributed by atoms with Gasteiger partial charge in [0.15, 0.2) is 0 Å². The first-order chi connectivity index (χ1) is 13.6. The molecule has 1 heterocycles. The smallest absolute Gasteiger partial charge is 0.130 e. The Morgan fingerprint density at radius 2 is 1.50 bits per heavy atom. The highest BCUT2D eigenvalue weighted by Crippen LogP contribution is 2.45. The van der Waals surface area contributed by atoms with E-state index < -0.39 is 0 Å². The van der Waals surface area contributed by atoms with Gasteiger partial charge in [0.05, 0.1) is 14.0 Å². The van der Waals surface area contributed by atoms with Crippen molar-refractivity contribution in [3.8, 4) is 11.5 Å². The number of nitrogens with zero attached hydrogens (tertiary/aromatic N) is 1. The molecule has 3 N–H and O–H groups in total. The zero-order chi connectivity index (χ0) is 20.2. The largest absolute Gasteiger partial charge is 0.507 e. The number of aromatic hydroxyl groups is 2. The standard InChI is InChI=1S/C20H32N2O2S4/c1-2-3-4-5-6-7-8-9-10-11-12-26-18-13-17(24)19(14-16(18)23)27-20-15-21-22(25)28-20/h13-15,21,23-25H,2-12H2,1H3. The number of thiol groups is 1. The Balaban J connectivity index is 1.61. The minimum Gasteiger partial charge on any atom is -0.507 e. The van der Waals surface area contributed by atoms with Crippen LogP contribution in [0.25, 0.3) is 0 Å². The van der Waals surface area contributed by atoms with E-state index in [1.165, 1.54) is 81.5 Å². The molecule has 0 saturated carbocycles. The highest BCUT2D eigenvalue weighted by atomic mass is 32.2. The van der Waals surface area contributed by atoms with E-state index >= 15 is 0 Å². The fraction of sp³-hybridized carbons (Fsp3) is 0.600. The summed E-state index contributed by atoms with van der Waals surface area (Å²) in [5.74, 6) is 1.40. The van der Waals surface area contributed by atoms with Crippen LogP contribution in [0.2, 0.25) is 0 Å². The second-order valence-corrected chi connectivity index (χ2v) is 11.0. The molecule has 28 heavy (non-hydrogen) atoms. The van der Waals surface area contributed by atoms with Gasteiger partial charge in [0.25, 0.3) is 0 Å². The van der Waals surface area contributed by atoms with Gasteiger partial charge in [0, 0.05) is 6.20 Å². The minimum atomic E-state index is 0.201. The van der Waals surface area contributed by atoms with Crippen LogP contribution in [0.3, 0.4) is 0 Å². The molecule has 4 nitrogen and oxygen atoms in total. The zero-order valence-electron chi connectivity index (χ0n) is 16.5. The lowest BCUT2D eigenvalue weighted by Gasteiger charge is -2.10. The van der Waals surface area contributed by atoms with E-state index in [0.717, 1.165) is 21.3 Å². The molecule has 8 heteroatoms. The van der Waals surface area contributed by atoms with Crippen molar-refractivity contribution in [2.45, 2.75) is 80.9 Å². The maximum atomic E-state index is 10.3. The van der Waals surface area contributed by atoms with E-state index in [1.807, 2.05) is 6.20 Å². The van der Waals surface area contributed by atoms with Gasteiger partial charge in [0.2, 0.25) is 0 Å². The number of benzene rings is 1. The molecule has 1 aromatic carbocycles. The summed E-state index contributed by atoms with van der Waals surface area (Å²) in [4.78, 5) is 1.39. The van der Waals surface area contributed by atoms with E-state index in [1.54, 1.807) is 27.7 Å². The molecule has 0 atom stereocenters. The van der Waals surface area contributed by atoms with Gasteiger partial charge in [0.1, 0.15) is 11.5 Å². The summed E-state index contributed by atoms with van der Waals surface area (Å²) in [6.45, 7) is 2.26. The molecule has 0 saturated heterocycles. The third kappa shape index (κ3) is 9.03. The molecular weight excluding hydrogens is 429 g/mol. The van der Waals surface area contributed by atoms with E-state index in [2.05, 4.69) is 25.2 Å². The lowest BCUT2D eigenvalue weighted by atomic mass is 10.1. The predicted octanol–water partition coefficient (Wildman–Crippen LogP) is 7.32. The minimum absolute atomic E-state index is 0.201. The van der Waals surface area contributed by atoms with Crippen LogP contribution in [-0.4, -0.2) is 19.8 Å². The molecule has 0 amide bonds. The average molecular weight is 461 g/mol. The highest BCUT2D eigenvalue weighted by molar-refractivity contribution is 8.23. The molecule has 1 aliphatic rings. The SMILES string of the molecule is CCCCCCCCCCCCSc1cc(O)c(SC2=CNN(S)S2)cc1O. The summed E-state index contributed by atoms with van der Waals surface area (Å²) < 4.78 is 2.53. The number of unbranched alkanes of at least 4 members (excludes halogenated alkanes) is 9. The van der Waals surface area contributed by atoms with Crippen LogP contribution < -0.4 is 5.43 Å². The first kappa shape index (κ1) is 24.0. The van der Waals surface area contributed by atoms with Crippen LogP contribution in [0.1, 0.15) is 71.1 Å². The molecule has 1 aliphatic heterocycles. The molecule has 0 aromatic heterocycles. The third-order valence-corrected chi connectivity index (χ3v) is 7.88. The van der Waals surface area contributed by atoms with E-state index in [9.17, 15) is 10.2 Å². The van der Waals surface area contributed by atoms with Gasteiger partial charge in [-0.25, -0.2) is 0 Å². The fourth-order valence-electron chi connectivity index (χ4n) is 2.91. The van der Waals surface area contributed by atoms with Gasteiger partial charge in [-0.2, -0.15) is 0 Å². The van der Waals surface area contributed by atoms with E-state index in [-0.39, 0.29) is 11.5 Å². The van der Waals surface area contributed by atoms with Gasteiger partial charge in [-0.1, -0.05) is 89.3 Å². The molecule has 0 unspecified atom stereocenters. The van der Waals surface area contributed by atoms with Gasteiger partial charge >= 0.3 is 0 Å². The molecule has 1 aromatic rings. The molecule has 2 rings (SSSR count). The van der Waals surface area contributed by atoms with Crippen LogP contribution in [0.15, 0.2) is 32.4 Å². The number of hydrazine groups is 1. The number of rotatable bonds is 14. The number of phenolic OH excluding ortho intramolecular Hbond substituents is 2. The fourth-order valence-corrected chi connectivity index (χ4v) is 6.05. The van der Waals surface area contributed by atoms with Crippen molar-refractivity contribution < 1.29 is 10.2 Å². The number of phenols is 2. The van der Waals surface area contributed by atoms with Gasteiger partial charge in [-0.3, -0.25) is 0 Å². The Bertz CT molecular complexity index is 628. The van der Waals surface area contributed by atoms with Gasteiger partial charge in [-0.05, 0) is 36.3 Å². The molecule has 0 fully saturated rings. The van der Waals surface area contributed by atoms with Crippen LogP contribution >= 0.6 is 48.3 Å². The zero-order valence-corrected chi connectivity index (χ0v) is 19.9. The monoisotopic (exact) mass is 460 g/mol. The molecule has 0 spiro atoms. The molecule has 158 valence electrons. The highest BCUT2D eigenvalue weighted by Gasteiger charge is 2.16. The first-order valence-corrected chi connectivity index (χ1v) is 13.1. The Labute approximate surface area is 188 Å². The summed E-state index contributed by atoms with van der Waals surface area (Å²) in [6.07, 6.45) is 15.0. The van der Waals surface area contributed by atoms with Crippen LogP contribution in [0.4, 0.5) is 0 Å². The van der Waals surface area contributed by atoms with Crippen LogP contribution in [0, 0.1) is 0 Å². The van der Waals surface area contributed by atoms with Gasteiger partial charge < -0.3 is 15.6 Å². The van der Waals surface area contributed by atoms with Crippen molar-refractivity contribution >= 4 is 48.3 Å². The lowest BCUT2D eigenvalue weighted by Crippen LogP contribution is -2.10. The topological polar surface area (TPSA) is 55.7 Å². The van der Waals surface area contributed by atoms with Crippen molar-refractivity contribution in [3.63, 3.8) is 0 Å². The summed E-state index contributed by atoms with van der Waals surface area (Å²) >= 11 is 8.62. The first-order valence-electron chi connectivity index (χ1n) is 10.1. The van der Waals surface area contributed by atoms with Crippen molar-refractivity contribution in [1.29, 1.82) is 0 Å². The maximum Gasteiger partial charge on any atom is 0.130 e. The Morgan fingerprint density at radius 3 is 2.11 bits per heavy atom. The van der Waals surface area contributed by atoms with Crippen molar-refractivity contribution in [2.75, 3.05) is 5.75 Å². The third-order valence-electron chi connectivity index (χ3n) is 4.48. The number of hydrogen-bond donors (Lipinski definition) is 4. The number of nitrogens with one attached hydrogen (secondary N) is 1. The molecular formula is C20H32N2O2S4. The van der Waals surface area contributed by atoms with Crippen molar-refractivity contribution in [2.24, 2.45) is 0 Å². The second kappa shape index (κ2) is 13.9. The van der Waals surface area contributed by atoms with E-state index in [0.29, 0.717) is 4.90 Å². The Hall–Kier alpha value is -0.280. The summed E-state index contributed by atoms with van der Waals surface area (Å²) in [7, 11) is 0. The van der Waals surface area contributed by atoms with Crippen LogP contribution in [-0.2, 0) is 0 Å². The molecule has 0 aliphatic carbocycles. The quantitative estimate of drug-likeness (QED) is 0.0763. The summed E-state index contributed by atoms with van der Waals surface area (Å²) in [5.41, 5.74) is 2.93. The maximum absolute atomic E-state index is 10.3. The molecule has 0 bridgehead atoms. The average Bonchev–Trinajstić information content (AvgIpc) is 3.08.